The summed E-state index contributed by atoms with van der Waals surface area (Å²) < 4.78 is 6.08. The summed E-state index contributed by atoms with van der Waals surface area (Å²) >= 11 is 0. The molecule has 1 heterocycles. The Morgan fingerprint density at radius 3 is 2.71 bits per heavy atom. The third-order valence-electron chi connectivity index (χ3n) is 3.37. The standard InChI is InChI=1S/C18H24N2O/c1-5-19-10-15-9-16(12-20-11-15)21-18-8-14(4)6-7-17(18)13(2)3/h6-9,11-13,19H,5,10H2,1-4H3. The van der Waals surface area contributed by atoms with Crippen molar-refractivity contribution in [2.75, 3.05) is 6.54 Å². The molecule has 0 bridgehead atoms. The number of hydrogen-bond acceptors (Lipinski definition) is 3. The molecule has 0 aliphatic heterocycles. The monoisotopic (exact) mass is 284 g/mol. The maximum Gasteiger partial charge on any atom is 0.146 e. The van der Waals surface area contributed by atoms with Crippen LogP contribution in [0.4, 0.5) is 0 Å². The molecule has 0 aliphatic rings. The van der Waals surface area contributed by atoms with E-state index < -0.39 is 0 Å². The number of pyridine rings is 1. The van der Waals surface area contributed by atoms with Gasteiger partial charge in [-0.25, -0.2) is 0 Å². The summed E-state index contributed by atoms with van der Waals surface area (Å²) in [7, 11) is 0. The van der Waals surface area contributed by atoms with Crippen LogP contribution in [0.25, 0.3) is 0 Å². The van der Waals surface area contributed by atoms with Gasteiger partial charge in [-0.05, 0) is 48.2 Å². The molecule has 0 saturated heterocycles. The number of nitrogens with one attached hydrogen (secondary N) is 1. The van der Waals surface area contributed by atoms with Crippen LogP contribution in [0.1, 0.15) is 43.4 Å². The van der Waals surface area contributed by atoms with Gasteiger partial charge in [0.2, 0.25) is 0 Å². The highest BCUT2D eigenvalue weighted by Crippen LogP contribution is 2.31. The quantitative estimate of drug-likeness (QED) is 0.853. The van der Waals surface area contributed by atoms with Crippen LogP contribution in [-0.2, 0) is 6.54 Å². The lowest BCUT2D eigenvalue weighted by Crippen LogP contribution is -2.11. The van der Waals surface area contributed by atoms with Gasteiger partial charge in [-0.15, -0.1) is 0 Å². The first-order valence-electron chi connectivity index (χ1n) is 7.53. The molecular weight excluding hydrogens is 260 g/mol. The van der Waals surface area contributed by atoms with E-state index in [9.17, 15) is 0 Å². The smallest absolute Gasteiger partial charge is 0.146 e. The molecule has 112 valence electrons. The number of ether oxygens (including phenoxy) is 1. The highest BCUT2D eigenvalue weighted by atomic mass is 16.5. The largest absolute Gasteiger partial charge is 0.455 e. The van der Waals surface area contributed by atoms with E-state index in [0.29, 0.717) is 5.92 Å². The molecule has 0 fully saturated rings. The van der Waals surface area contributed by atoms with E-state index in [1.54, 1.807) is 6.20 Å². The highest BCUT2D eigenvalue weighted by molar-refractivity contribution is 5.42. The Hall–Kier alpha value is -1.87. The van der Waals surface area contributed by atoms with Gasteiger partial charge in [-0.1, -0.05) is 32.9 Å². The fraction of sp³-hybridized carbons (Fsp3) is 0.389. The van der Waals surface area contributed by atoms with Crippen LogP contribution in [0.15, 0.2) is 36.7 Å². The molecule has 21 heavy (non-hydrogen) atoms. The zero-order chi connectivity index (χ0) is 15.2. The number of rotatable bonds is 6. The van der Waals surface area contributed by atoms with Crippen molar-refractivity contribution in [1.82, 2.24) is 10.3 Å². The van der Waals surface area contributed by atoms with Gasteiger partial charge in [0.15, 0.2) is 0 Å². The predicted octanol–water partition coefficient (Wildman–Crippen LogP) is 4.42. The fourth-order valence-corrected chi connectivity index (χ4v) is 2.22. The van der Waals surface area contributed by atoms with Gasteiger partial charge in [0, 0.05) is 12.7 Å². The Labute approximate surface area is 127 Å². The van der Waals surface area contributed by atoms with Gasteiger partial charge in [-0.3, -0.25) is 4.98 Å². The summed E-state index contributed by atoms with van der Waals surface area (Å²) in [4.78, 5) is 4.27. The van der Waals surface area contributed by atoms with E-state index in [1.807, 2.05) is 12.3 Å². The van der Waals surface area contributed by atoms with Gasteiger partial charge >= 0.3 is 0 Å². The van der Waals surface area contributed by atoms with E-state index in [2.05, 4.69) is 56.2 Å². The minimum Gasteiger partial charge on any atom is -0.455 e. The van der Waals surface area contributed by atoms with E-state index in [0.717, 1.165) is 30.2 Å². The summed E-state index contributed by atoms with van der Waals surface area (Å²) in [5.41, 5.74) is 3.55. The van der Waals surface area contributed by atoms with E-state index in [-0.39, 0.29) is 0 Å². The molecule has 0 unspecified atom stereocenters. The first kappa shape index (κ1) is 15.5. The first-order valence-corrected chi connectivity index (χ1v) is 7.53. The van der Waals surface area contributed by atoms with Crippen molar-refractivity contribution in [2.45, 2.75) is 40.2 Å². The lowest BCUT2D eigenvalue weighted by Gasteiger charge is -2.15. The third kappa shape index (κ3) is 4.30. The Balaban J connectivity index is 2.23. The molecular formula is C18H24N2O. The number of aromatic nitrogens is 1. The van der Waals surface area contributed by atoms with E-state index in [4.69, 9.17) is 4.74 Å². The van der Waals surface area contributed by atoms with Crippen LogP contribution >= 0.6 is 0 Å². The zero-order valence-corrected chi connectivity index (χ0v) is 13.3. The van der Waals surface area contributed by atoms with E-state index >= 15 is 0 Å². The molecule has 3 heteroatoms. The lowest BCUT2D eigenvalue weighted by atomic mass is 10.0. The first-order chi connectivity index (χ1) is 10.1. The Morgan fingerprint density at radius 1 is 1.19 bits per heavy atom. The second-order valence-corrected chi connectivity index (χ2v) is 5.61. The Bertz CT molecular complexity index is 594. The molecule has 0 aliphatic carbocycles. The number of aryl methyl sites for hydroxylation is 1. The van der Waals surface area contributed by atoms with Crippen LogP contribution in [0.2, 0.25) is 0 Å². The summed E-state index contributed by atoms with van der Waals surface area (Å²) in [6.45, 7) is 10.3. The van der Waals surface area contributed by atoms with Gasteiger partial charge in [0.05, 0.1) is 6.20 Å². The molecule has 1 N–H and O–H groups in total. The van der Waals surface area contributed by atoms with Gasteiger partial charge in [0.1, 0.15) is 11.5 Å². The molecule has 0 amide bonds. The summed E-state index contributed by atoms with van der Waals surface area (Å²) in [6.07, 6.45) is 3.64. The molecule has 2 rings (SSSR count). The molecule has 1 aromatic heterocycles. The topological polar surface area (TPSA) is 34.2 Å². The van der Waals surface area contributed by atoms with Crippen molar-refractivity contribution in [2.24, 2.45) is 0 Å². The second-order valence-electron chi connectivity index (χ2n) is 5.61. The number of benzene rings is 1. The highest BCUT2D eigenvalue weighted by Gasteiger charge is 2.09. The van der Waals surface area contributed by atoms with Crippen LogP contribution < -0.4 is 10.1 Å². The van der Waals surface area contributed by atoms with Gasteiger partial charge < -0.3 is 10.1 Å². The Kier molecular flexibility index (Phi) is 5.34. The van der Waals surface area contributed by atoms with Crippen molar-refractivity contribution in [3.63, 3.8) is 0 Å². The van der Waals surface area contributed by atoms with Crippen LogP contribution in [0, 0.1) is 6.92 Å². The molecule has 0 radical (unpaired) electrons. The Morgan fingerprint density at radius 2 is 2.00 bits per heavy atom. The molecule has 1 aromatic carbocycles. The normalized spacial score (nSPS) is 10.9. The SMILES string of the molecule is CCNCc1cncc(Oc2cc(C)ccc2C(C)C)c1. The molecule has 0 spiro atoms. The molecule has 2 aromatic rings. The minimum atomic E-state index is 0.429. The van der Waals surface area contributed by atoms with Gasteiger partial charge in [-0.2, -0.15) is 0 Å². The summed E-state index contributed by atoms with van der Waals surface area (Å²) in [5.74, 6) is 2.14. The lowest BCUT2D eigenvalue weighted by molar-refractivity contribution is 0.469. The maximum absolute atomic E-state index is 6.08. The van der Waals surface area contributed by atoms with Crippen LogP contribution in [0.5, 0.6) is 11.5 Å². The van der Waals surface area contributed by atoms with Gasteiger partial charge in [0.25, 0.3) is 0 Å². The van der Waals surface area contributed by atoms with E-state index in [1.165, 1.54) is 11.1 Å². The number of nitrogens with zero attached hydrogens (tertiary/aromatic N) is 1. The maximum atomic E-state index is 6.08. The summed E-state index contributed by atoms with van der Waals surface area (Å²) in [5, 5.41) is 3.30. The van der Waals surface area contributed by atoms with Crippen LogP contribution in [-0.4, -0.2) is 11.5 Å². The van der Waals surface area contributed by atoms with Crippen LogP contribution in [0.3, 0.4) is 0 Å². The van der Waals surface area contributed by atoms with Crippen molar-refractivity contribution < 1.29 is 4.74 Å². The molecule has 0 atom stereocenters. The number of hydrogen-bond donors (Lipinski definition) is 1. The predicted molar refractivity (Wildman–Crippen MR) is 87.0 cm³/mol. The van der Waals surface area contributed by atoms with Crippen molar-refractivity contribution in [3.8, 4) is 11.5 Å². The van der Waals surface area contributed by atoms with Crippen molar-refractivity contribution in [1.29, 1.82) is 0 Å². The summed E-state index contributed by atoms with van der Waals surface area (Å²) in [6, 6.07) is 8.40. The zero-order valence-electron chi connectivity index (χ0n) is 13.3. The second kappa shape index (κ2) is 7.23. The molecule has 0 saturated carbocycles. The minimum absolute atomic E-state index is 0.429. The third-order valence-corrected chi connectivity index (χ3v) is 3.37. The molecule has 3 nitrogen and oxygen atoms in total. The van der Waals surface area contributed by atoms with Crippen molar-refractivity contribution in [3.05, 3.63) is 53.3 Å². The average molecular weight is 284 g/mol. The van der Waals surface area contributed by atoms with Crippen molar-refractivity contribution >= 4 is 0 Å². The fourth-order valence-electron chi connectivity index (χ4n) is 2.22. The average Bonchev–Trinajstić information content (AvgIpc) is 2.45.